The zero-order chi connectivity index (χ0) is 18.7. The molecule has 0 spiro atoms. The number of amides is 2. The summed E-state index contributed by atoms with van der Waals surface area (Å²) in [7, 11) is 0. The lowest BCUT2D eigenvalue weighted by atomic mass is 10.1. The summed E-state index contributed by atoms with van der Waals surface area (Å²) in [5.74, 6) is -1.10. The molecule has 1 heterocycles. The number of anilines is 1. The number of nitrogens with one attached hydrogen (secondary N) is 1. The number of primary amides is 1. The van der Waals surface area contributed by atoms with Gasteiger partial charge in [0.05, 0.1) is 5.52 Å². The maximum absolute atomic E-state index is 13.3. The summed E-state index contributed by atoms with van der Waals surface area (Å²) in [6.07, 6.45) is 0.545. The van der Waals surface area contributed by atoms with E-state index in [1.54, 1.807) is 24.3 Å². The minimum Gasteiger partial charge on any atom is -0.366 e. The molecule has 0 aliphatic carbocycles. The number of pyridine rings is 1. The number of benzene rings is 2. The predicted octanol–water partition coefficient (Wildman–Crippen LogP) is 3.70. The molecule has 0 atom stereocenters. The SMILES string of the molecule is NC(=O)c1ccc(NC(=O)CCc2cc3cc(F)ccc3nc2Cl)cc1. The number of rotatable bonds is 5. The Morgan fingerprint density at radius 2 is 1.85 bits per heavy atom. The number of halogens is 2. The van der Waals surface area contributed by atoms with E-state index in [0.717, 1.165) is 0 Å². The number of carbonyl (C=O) groups is 2. The predicted molar refractivity (Wildman–Crippen MR) is 98.6 cm³/mol. The van der Waals surface area contributed by atoms with Crippen molar-refractivity contribution in [2.75, 3.05) is 5.32 Å². The minimum absolute atomic E-state index is 0.180. The van der Waals surface area contributed by atoms with Crippen LogP contribution in [0.4, 0.5) is 10.1 Å². The fourth-order valence-corrected chi connectivity index (χ4v) is 2.77. The van der Waals surface area contributed by atoms with Crippen LogP contribution >= 0.6 is 11.6 Å². The molecular formula is C19H15ClFN3O2. The lowest BCUT2D eigenvalue weighted by molar-refractivity contribution is -0.116. The van der Waals surface area contributed by atoms with Crippen LogP contribution in [0.2, 0.25) is 5.15 Å². The van der Waals surface area contributed by atoms with Crippen molar-refractivity contribution in [2.24, 2.45) is 5.73 Å². The van der Waals surface area contributed by atoms with E-state index in [4.69, 9.17) is 17.3 Å². The lowest BCUT2D eigenvalue weighted by Gasteiger charge is -2.08. The second-order valence-corrected chi connectivity index (χ2v) is 6.12. The molecule has 1 aromatic heterocycles. The van der Waals surface area contributed by atoms with Gasteiger partial charge in [-0.2, -0.15) is 0 Å². The van der Waals surface area contributed by atoms with Crippen molar-refractivity contribution in [3.63, 3.8) is 0 Å². The van der Waals surface area contributed by atoms with E-state index in [1.807, 2.05) is 0 Å². The highest BCUT2D eigenvalue weighted by Crippen LogP contribution is 2.22. The normalized spacial score (nSPS) is 10.7. The monoisotopic (exact) mass is 371 g/mol. The third kappa shape index (κ3) is 4.15. The van der Waals surface area contributed by atoms with Crippen molar-refractivity contribution in [1.29, 1.82) is 0 Å². The summed E-state index contributed by atoms with van der Waals surface area (Å²) in [5.41, 5.74) is 7.36. The smallest absolute Gasteiger partial charge is 0.248 e. The first-order chi connectivity index (χ1) is 12.4. The van der Waals surface area contributed by atoms with E-state index in [-0.39, 0.29) is 18.1 Å². The number of hydrogen-bond donors (Lipinski definition) is 2. The molecule has 0 saturated heterocycles. The third-order valence-electron chi connectivity index (χ3n) is 3.88. The van der Waals surface area contributed by atoms with E-state index >= 15 is 0 Å². The molecule has 26 heavy (non-hydrogen) atoms. The van der Waals surface area contributed by atoms with Gasteiger partial charge in [0.25, 0.3) is 0 Å². The number of aromatic nitrogens is 1. The van der Waals surface area contributed by atoms with E-state index in [2.05, 4.69) is 10.3 Å². The second kappa shape index (κ2) is 7.49. The van der Waals surface area contributed by atoms with Crippen molar-refractivity contribution < 1.29 is 14.0 Å². The second-order valence-electron chi connectivity index (χ2n) is 5.77. The highest BCUT2D eigenvalue weighted by atomic mass is 35.5. The zero-order valence-corrected chi connectivity index (χ0v) is 14.4. The first-order valence-electron chi connectivity index (χ1n) is 7.87. The van der Waals surface area contributed by atoms with Gasteiger partial charge in [0.2, 0.25) is 11.8 Å². The average Bonchev–Trinajstić information content (AvgIpc) is 2.60. The molecule has 5 nitrogen and oxygen atoms in total. The van der Waals surface area contributed by atoms with E-state index in [9.17, 15) is 14.0 Å². The van der Waals surface area contributed by atoms with Crippen molar-refractivity contribution >= 4 is 40.0 Å². The molecule has 0 unspecified atom stereocenters. The molecule has 0 aliphatic rings. The van der Waals surface area contributed by atoms with Gasteiger partial charge in [-0.25, -0.2) is 9.37 Å². The van der Waals surface area contributed by atoms with E-state index in [0.29, 0.717) is 39.3 Å². The van der Waals surface area contributed by atoms with Crippen molar-refractivity contribution in [2.45, 2.75) is 12.8 Å². The summed E-state index contributed by atoms with van der Waals surface area (Å²) < 4.78 is 13.3. The van der Waals surface area contributed by atoms with Crippen LogP contribution in [0.25, 0.3) is 10.9 Å². The highest BCUT2D eigenvalue weighted by Gasteiger charge is 2.09. The molecule has 0 fully saturated rings. The van der Waals surface area contributed by atoms with Gasteiger partial charge in [-0.05, 0) is 60.5 Å². The molecule has 7 heteroatoms. The molecule has 3 N–H and O–H groups in total. The standard InChI is InChI=1S/C19H15ClFN3O2/c20-18-12(9-13-10-14(21)4-7-16(13)24-18)3-8-17(25)23-15-5-1-11(2-6-15)19(22)26/h1-2,4-7,9-10H,3,8H2,(H2,22,26)(H,23,25). The number of nitrogens with zero attached hydrogens (tertiary/aromatic N) is 1. The van der Waals surface area contributed by atoms with Crippen LogP contribution in [0, 0.1) is 5.82 Å². The number of aryl methyl sites for hydroxylation is 1. The van der Waals surface area contributed by atoms with E-state index < -0.39 is 5.91 Å². The largest absolute Gasteiger partial charge is 0.366 e. The fourth-order valence-electron chi connectivity index (χ4n) is 2.53. The Bertz CT molecular complexity index is 990. The van der Waals surface area contributed by atoms with Crippen LogP contribution in [0.1, 0.15) is 22.3 Å². The molecule has 3 rings (SSSR count). The van der Waals surface area contributed by atoms with Crippen LogP contribution < -0.4 is 11.1 Å². The Morgan fingerprint density at radius 1 is 1.12 bits per heavy atom. The molecule has 0 saturated carbocycles. The van der Waals surface area contributed by atoms with E-state index in [1.165, 1.54) is 24.3 Å². The molecule has 0 bridgehead atoms. The molecule has 3 aromatic rings. The van der Waals surface area contributed by atoms with Crippen LogP contribution in [-0.2, 0) is 11.2 Å². The number of hydrogen-bond acceptors (Lipinski definition) is 3. The Hall–Kier alpha value is -2.99. The highest BCUT2D eigenvalue weighted by molar-refractivity contribution is 6.30. The lowest BCUT2D eigenvalue weighted by Crippen LogP contribution is -2.14. The molecule has 2 amide bonds. The summed E-state index contributed by atoms with van der Waals surface area (Å²) in [6.45, 7) is 0. The maximum atomic E-state index is 13.3. The van der Waals surface area contributed by atoms with Gasteiger partial charge in [0.15, 0.2) is 0 Å². The van der Waals surface area contributed by atoms with Crippen LogP contribution in [0.15, 0.2) is 48.5 Å². The maximum Gasteiger partial charge on any atom is 0.248 e. The van der Waals surface area contributed by atoms with Gasteiger partial charge in [-0.1, -0.05) is 11.6 Å². The fraction of sp³-hybridized carbons (Fsp3) is 0.105. The van der Waals surface area contributed by atoms with Crippen LogP contribution in [0.5, 0.6) is 0 Å². The zero-order valence-electron chi connectivity index (χ0n) is 13.6. The number of carbonyl (C=O) groups excluding carboxylic acids is 2. The third-order valence-corrected chi connectivity index (χ3v) is 4.20. The molecule has 132 valence electrons. The van der Waals surface area contributed by atoms with Gasteiger partial charge in [-0.3, -0.25) is 9.59 Å². The van der Waals surface area contributed by atoms with Crippen molar-refractivity contribution in [3.05, 3.63) is 70.6 Å². The Labute approximate surface area is 154 Å². The number of nitrogens with two attached hydrogens (primary N) is 1. The van der Waals surface area contributed by atoms with Crippen molar-refractivity contribution in [3.8, 4) is 0 Å². The van der Waals surface area contributed by atoms with Gasteiger partial charge in [0.1, 0.15) is 11.0 Å². The summed E-state index contributed by atoms with van der Waals surface area (Å²) in [5, 5.41) is 3.66. The molecule has 0 aliphatic heterocycles. The van der Waals surface area contributed by atoms with Gasteiger partial charge >= 0.3 is 0 Å². The van der Waals surface area contributed by atoms with Crippen LogP contribution in [0.3, 0.4) is 0 Å². The summed E-state index contributed by atoms with van der Waals surface area (Å²) in [4.78, 5) is 27.4. The van der Waals surface area contributed by atoms with Gasteiger partial charge in [0, 0.05) is 23.1 Å². The Morgan fingerprint density at radius 3 is 2.54 bits per heavy atom. The average molecular weight is 372 g/mol. The summed E-state index contributed by atoms with van der Waals surface area (Å²) in [6, 6.07) is 12.3. The Kier molecular flexibility index (Phi) is 5.14. The van der Waals surface area contributed by atoms with Gasteiger partial charge < -0.3 is 11.1 Å². The topological polar surface area (TPSA) is 85.1 Å². The van der Waals surface area contributed by atoms with Crippen molar-refractivity contribution in [1.82, 2.24) is 4.98 Å². The molecular weight excluding hydrogens is 357 g/mol. The number of fused-ring (bicyclic) bond motifs is 1. The quantitative estimate of drug-likeness (QED) is 0.670. The molecule has 2 aromatic carbocycles. The first-order valence-corrected chi connectivity index (χ1v) is 8.24. The van der Waals surface area contributed by atoms with Crippen LogP contribution in [-0.4, -0.2) is 16.8 Å². The minimum atomic E-state index is -0.530. The van der Waals surface area contributed by atoms with Gasteiger partial charge in [-0.15, -0.1) is 0 Å². The first kappa shape index (κ1) is 17.8. The molecule has 0 radical (unpaired) electrons. The summed E-state index contributed by atoms with van der Waals surface area (Å²) >= 11 is 6.15. The Balaban J connectivity index is 1.66.